The summed E-state index contributed by atoms with van der Waals surface area (Å²) in [5.41, 5.74) is 3.92. The molecule has 1 aromatic rings. The summed E-state index contributed by atoms with van der Waals surface area (Å²) in [6.45, 7) is 9.67. The zero-order chi connectivity index (χ0) is 13.8. The highest BCUT2D eigenvalue weighted by Gasteiger charge is 2.31. The lowest BCUT2D eigenvalue weighted by Gasteiger charge is -2.29. The van der Waals surface area contributed by atoms with Gasteiger partial charge in [0, 0.05) is 18.8 Å². The second-order valence-electron chi connectivity index (χ2n) is 5.62. The second kappa shape index (κ2) is 6.40. The van der Waals surface area contributed by atoms with Crippen molar-refractivity contribution in [3.8, 4) is 0 Å². The Hall–Kier alpha value is -1.06. The largest absolute Gasteiger partial charge is 0.394 e. The van der Waals surface area contributed by atoms with Crippen LogP contribution in [-0.2, 0) is 6.54 Å². The van der Waals surface area contributed by atoms with E-state index in [0.717, 1.165) is 19.6 Å². The first kappa shape index (κ1) is 14.4. The average molecular weight is 262 g/mol. The number of aryl methyl sites for hydroxylation is 1. The zero-order valence-electron chi connectivity index (χ0n) is 12.3. The van der Waals surface area contributed by atoms with Crippen LogP contribution in [0.2, 0.25) is 0 Å². The van der Waals surface area contributed by atoms with E-state index < -0.39 is 0 Å². The van der Waals surface area contributed by atoms with Gasteiger partial charge in [0.15, 0.2) is 0 Å². The number of aliphatic hydroxyl groups excluding tert-OH is 1. The topological polar surface area (TPSA) is 35.5 Å². The molecule has 2 N–H and O–H groups in total. The van der Waals surface area contributed by atoms with Gasteiger partial charge in [-0.2, -0.15) is 0 Å². The lowest BCUT2D eigenvalue weighted by molar-refractivity contribution is 0.244. The van der Waals surface area contributed by atoms with Crippen molar-refractivity contribution in [3.63, 3.8) is 0 Å². The first-order valence-corrected chi connectivity index (χ1v) is 7.35. The summed E-state index contributed by atoms with van der Waals surface area (Å²) in [6, 6.07) is 6.91. The average Bonchev–Trinajstić information content (AvgIpc) is 2.77. The third kappa shape index (κ3) is 3.10. The van der Waals surface area contributed by atoms with Crippen molar-refractivity contribution in [2.75, 3.05) is 24.6 Å². The minimum absolute atomic E-state index is 0.246. The van der Waals surface area contributed by atoms with E-state index in [1.165, 1.54) is 23.2 Å². The molecule has 2 rings (SSSR count). The number of rotatable bonds is 5. The fourth-order valence-corrected chi connectivity index (χ4v) is 2.98. The number of nitrogens with zero attached hydrogens (tertiary/aromatic N) is 1. The number of aliphatic hydroxyl groups is 1. The summed E-state index contributed by atoms with van der Waals surface area (Å²) in [7, 11) is 0. The molecule has 1 fully saturated rings. The maximum atomic E-state index is 9.63. The molecule has 0 aromatic heterocycles. The molecule has 0 saturated carbocycles. The van der Waals surface area contributed by atoms with Crippen molar-refractivity contribution in [2.24, 2.45) is 5.92 Å². The molecule has 1 heterocycles. The van der Waals surface area contributed by atoms with E-state index in [1.807, 2.05) is 0 Å². The smallest absolute Gasteiger partial charge is 0.0637 e. The summed E-state index contributed by atoms with van der Waals surface area (Å²) >= 11 is 0. The molecule has 0 amide bonds. The summed E-state index contributed by atoms with van der Waals surface area (Å²) < 4.78 is 0. The van der Waals surface area contributed by atoms with E-state index in [0.29, 0.717) is 5.92 Å². The van der Waals surface area contributed by atoms with E-state index >= 15 is 0 Å². The van der Waals surface area contributed by atoms with Crippen LogP contribution in [0.25, 0.3) is 0 Å². The molecule has 19 heavy (non-hydrogen) atoms. The Labute approximate surface area is 116 Å². The molecule has 2 unspecified atom stereocenters. The van der Waals surface area contributed by atoms with Crippen molar-refractivity contribution in [1.82, 2.24) is 5.32 Å². The maximum absolute atomic E-state index is 9.63. The van der Waals surface area contributed by atoms with Gasteiger partial charge in [-0.15, -0.1) is 0 Å². The predicted octanol–water partition coefficient (Wildman–Crippen LogP) is 2.31. The maximum Gasteiger partial charge on any atom is 0.0637 e. The minimum atomic E-state index is 0.246. The van der Waals surface area contributed by atoms with Gasteiger partial charge >= 0.3 is 0 Å². The van der Waals surface area contributed by atoms with Crippen LogP contribution < -0.4 is 10.2 Å². The van der Waals surface area contributed by atoms with E-state index in [1.54, 1.807) is 0 Å². The van der Waals surface area contributed by atoms with Gasteiger partial charge in [0.05, 0.1) is 12.6 Å². The Balaban J connectivity index is 2.27. The van der Waals surface area contributed by atoms with Gasteiger partial charge in [-0.1, -0.05) is 31.5 Å². The zero-order valence-corrected chi connectivity index (χ0v) is 12.3. The first-order chi connectivity index (χ1) is 9.17. The van der Waals surface area contributed by atoms with Crippen LogP contribution in [0.4, 0.5) is 5.69 Å². The molecular formula is C16H26N2O. The number of anilines is 1. The lowest BCUT2D eigenvalue weighted by atomic mass is 10.0. The van der Waals surface area contributed by atoms with Crippen molar-refractivity contribution in [2.45, 2.75) is 39.8 Å². The van der Waals surface area contributed by atoms with Gasteiger partial charge in [-0.05, 0) is 37.4 Å². The molecular weight excluding hydrogens is 236 g/mol. The quantitative estimate of drug-likeness (QED) is 0.855. The Morgan fingerprint density at radius 1 is 1.42 bits per heavy atom. The second-order valence-corrected chi connectivity index (χ2v) is 5.62. The highest BCUT2D eigenvalue weighted by Crippen LogP contribution is 2.32. The van der Waals surface area contributed by atoms with Crippen molar-refractivity contribution >= 4 is 5.69 Å². The molecule has 1 aliphatic rings. The van der Waals surface area contributed by atoms with E-state index in [9.17, 15) is 5.11 Å². The van der Waals surface area contributed by atoms with Crippen LogP contribution >= 0.6 is 0 Å². The van der Waals surface area contributed by atoms with Gasteiger partial charge in [0.2, 0.25) is 0 Å². The Morgan fingerprint density at radius 3 is 2.89 bits per heavy atom. The monoisotopic (exact) mass is 262 g/mol. The molecule has 0 spiro atoms. The molecule has 1 aromatic carbocycles. The number of hydrogen-bond donors (Lipinski definition) is 2. The van der Waals surface area contributed by atoms with Crippen LogP contribution in [-0.4, -0.2) is 30.8 Å². The van der Waals surface area contributed by atoms with E-state index in [2.05, 4.69) is 49.2 Å². The van der Waals surface area contributed by atoms with Crippen LogP contribution in [0.3, 0.4) is 0 Å². The van der Waals surface area contributed by atoms with Crippen molar-refractivity contribution < 1.29 is 5.11 Å². The molecule has 2 atom stereocenters. The molecule has 0 bridgehead atoms. The molecule has 3 nitrogen and oxygen atoms in total. The molecule has 1 saturated heterocycles. The highest BCUT2D eigenvalue weighted by atomic mass is 16.3. The Kier molecular flexibility index (Phi) is 4.83. The minimum Gasteiger partial charge on any atom is -0.394 e. The first-order valence-electron chi connectivity index (χ1n) is 7.35. The predicted molar refractivity (Wildman–Crippen MR) is 80.6 cm³/mol. The van der Waals surface area contributed by atoms with Crippen molar-refractivity contribution in [1.29, 1.82) is 0 Å². The number of nitrogens with one attached hydrogen (secondary N) is 1. The van der Waals surface area contributed by atoms with Gasteiger partial charge in [0.25, 0.3) is 0 Å². The third-order valence-electron chi connectivity index (χ3n) is 4.18. The van der Waals surface area contributed by atoms with Gasteiger partial charge in [-0.25, -0.2) is 0 Å². The van der Waals surface area contributed by atoms with Crippen molar-refractivity contribution in [3.05, 3.63) is 29.3 Å². The molecule has 0 radical (unpaired) electrons. The Morgan fingerprint density at radius 2 is 2.21 bits per heavy atom. The van der Waals surface area contributed by atoms with Crippen LogP contribution in [0.15, 0.2) is 18.2 Å². The number of hydrogen-bond acceptors (Lipinski definition) is 3. The summed E-state index contributed by atoms with van der Waals surface area (Å²) in [5, 5.41) is 13.0. The summed E-state index contributed by atoms with van der Waals surface area (Å²) in [6.07, 6.45) is 1.17. The normalized spacial score (nSPS) is 23.1. The van der Waals surface area contributed by atoms with Crippen LogP contribution in [0, 0.1) is 12.8 Å². The summed E-state index contributed by atoms with van der Waals surface area (Å²) in [5.74, 6) is 0.568. The fourth-order valence-electron chi connectivity index (χ4n) is 2.98. The van der Waals surface area contributed by atoms with E-state index in [-0.39, 0.29) is 12.6 Å². The standard InChI is InChI=1S/C16H26N2O/c1-4-17-10-14-9-12(2)5-6-15(14)18-8-7-13(3)16(18)11-19/h5-6,9,13,16-17,19H,4,7-8,10-11H2,1-3H3. The van der Waals surface area contributed by atoms with Crippen LogP contribution in [0.5, 0.6) is 0 Å². The Bertz CT molecular complexity index is 419. The molecule has 1 aliphatic heterocycles. The fraction of sp³-hybridized carbons (Fsp3) is 0.625. The number of benzene rings is 1. The third-order valence-corrected chi connectivity index (χ3v) is 4.18. The lowest BCUT2D eigenvalue weighted by Crippen LogP contribution is -2.36. The molecule has 106 valence electrons. The van der Waals surface area contributed by atoms with Gasteiger partial charge in [0.1, 0.15) is 0 Å². The summed E-state index contributed by atoms with van der Waals surface area (Å²) in [4.78, 5) is 2.39. The van der Waals surface area contributed by atoms with Gasteiger partial charge in [-0.3, -0.25) is 0 Å². The highest BCUT2D eigenvalue weighted by molar-refractivity contribution is 5.56. The van der Waals surface area contributed by atoms with Gasteiger partial charge < -0.3 is 15.3 Å². The van der Waals surface area contributed by atoms with E-state index in [4.69, 9.17) is 0 Å². The molecule has 0 aliphatic carbocycles. The van der Waals surface area contributed by atoms with Crippen LogP contribution in [0.1, 0.15) is 31.4 Å². The SMILES string of the molecule is CCNCc1cc(C)ccc1N1CCC(C)C1CO. The molecule has 3 heteroatoms.